The van der Waals surface area contributed by atoms with E-state index in [-0.39, 0.29) is 0 Å². The molecule has 0 saturated heterocycles. The maximum atomic E-state index is 4.15. The van der Waals surface area contributed by atoms with Crippen molar-refractivity contribution in [1.29, 1.82) is 0 Å². The lowest BCUT2D eigenvalue weighted by Gasteiger charge is -2.13. The average Bonchev–Trinajstić information content (AvgIpc) is 2.76. The van der Waals surface area contributed by atoms with E-state index in [0.29, 0.717) is 6.04 Å². The van der Waals surface area contributed by atoms with Crippen LogP contribution >= 0.6 is 0 Å². The Kier molecular flexibility index (Phi) is 3.88. The molecule has 0 spiro atoms. The SMILES string of the molecule is CC(NCCc1cnn(C)c1)c1ccncc1. The third-order valence-electron chi connectivity index (χ3n) is 2.83. The molecule has 17 heavy (non-hydrogen) atoms. The Hall–Kier alpha value is -1.68. The van der Waals surface area contributed by atoms with Gasteiger partial charge in [-0.15, -0.1) is 0 Å². The second-order valence-corrected chi connectivity index (χ2v) is 4.23. The van der Waals surface area contributed by atoms with Crippen LogP contribution in [0.25, 0.3) is 0 Å². The highest BCUT2D eigenvalue weighted by atomic mass is 15.2. The van der Waals surface area contributed by atoms with Crippen molar-refractivity contribution in [2.24, 2.45) is 7.05 Å². The van der Waals surface area contributed by atoms with Crippen molar-refractivity contribution in [3.05, 3.63) is 48.0 Å². The summed E-state index contributed by atoms with van der Waals surface area (Å²) in [6.07, 6.45) is 8.63. The van der Waals surface area contributed by atoms with Gasteiger partial charge in [-0.25, -0.2) is 0 Å². The molecule has 4 nitrogen and oxygen atoms in total. The molecule has 4 heteroatoms. The highest BCUT2D eigenvalue weighted by Gasteiger charge is 2.03. The van der Waals surface area contributed by atoms with Crippen molar-refractivity contribution in [2.45, 2.75) is 19.4 Å². The zero-order chi connectivity index (χ0) is 12.1. The molecule has 1 N–H and O–H groups in total. The summed E-state index contributed by atoms with van der Waals surface area (Å²) < 4.78 is 1.83. The van der Waals surface area contributed by atoms with E-state index in [9.17, 15) is 0 Å². The van der Waals surface area contributed by atoms with Gasteiger partial charge in [0.1, 0.15) is 0 Å². The lowest BCUT2D eigenvalue weighted by Crippen LogP contribution is -2.21. The summed E-state index contributed by atoms with van der Waals surface area (Å²) in [6, 6.07) is 4.44. The van der Waals surface area contributed by atoms with Gasteiger partial charge in [-0.2, -0.15) is 5.10 Å². The van der Waals surface area contributed by atoms with E-state index in [4.69, 9.17) is 0 Å². The van der Waals surface area contributed by atoms with Crippen LogP contribution in [0.2, 0.25) is 0 Å². The summed E-state index contributed by atoms with van der Waals surface area (Å²) in [4.78, 5) is 4.02. The molecule has 0 bridgehead atoms. The molecule has 90 valence electrons. The summed E-state index contributed by atoms with van der Waals surface area (Å²) >= 11 is 0. The lowest BCUT2D eigenvalue weighted by molar-refractivity contribution is 0.576. The van der Waals surface area contributed by atoms with Crippen LogP contribution < -0.4 is 5.32 Å². The second kappa shape index (κ2) is 5.59. The summed E-state index contributed by atoms with van der Waals surface area (Å²) in [5.74, 6) is 0. The second-order valence-electron chi connectivity index (χ2n) is 4.23. The van der Waals surface area contributed by atoms with Crippen molar-refractivity contribution in [2.75, 3.05) is 6.54 Å². The number of nitrogens with zero attached hydrogens (tertiary/aromatic N) is 3. The van der Waals surface area contributed by atoms with Gasteiger partial charge < -0.3 is 5.32 Å². The van der Waals surface area contributed by atoms with Gasteiger partial charge in [-0.1, -0.05) is 0 Å². The Labute approximate surface area is 102 Å². The van der Waals surface area contributed by atoms with Gasteiger partial charge in [0, 0.05) is 31.7 Å². The number of aromatic nitrogens is 3. The van der Waals surface area contributed by atoms with E-state index in [0.717, 1.165) is 13.0 Å². The molecule has 2 aromatic rings. The van der Waals surface area contributed by atoms with Crippen LogP contribution in [0.1, 0.15) is 24.1 Å². The van der Waals surface area contributed by atoms with Crippen LogP contribution in [0.5, 0.6) is 0 Å². The van der Waals surface area contributed by atoms with Gasteiger partial charge in [0.2, 0.25) is 0 Å². The molecule has 0 amide bonds. The largest absolute Gasteiger partial charge is 0.310 e. The minimum Gasteiger partial charge on any atom is -0.310 e. The van der Waals surface area contributed by atoms with E-state index < -0.39 is 0 Å². The van der Waals surface area contributed by atoms with E-state index >= 15 is 0 Å². The van der Waals surface area contributed by atoms with Gasteiger partial charge in [0.05, 0.1) is 6.20 Å². The molecule has 2 aromatic heterocycles. The molecular formula is C13H18N4. The van der Waals surface area contributed by atoms with Crippen LogP contribution in [-0.4, -0.2) is 21.3 Å². The van der Waals surface area contributed by atoms with Crippen LogP contribution in [0.4, 0.5) is 0 Å². The van der Waals surface area contributed by atoms with Crippen LogP contribution in [0.3, 0.4) is 0 Å². The summed E-state index contributed by atoms with van der Waals surface area (Å²) in [5.41, 5.74) is 2.54. The molecule has 2 rings (SSSR count). The molecule has 0 saturated carbocycles. The lowest BCUT2D eigenvalue weighted by atomic mass is 10.1. The van der Waals surface area contributed by atoms with Gasteiger partial charge in [0.15, 0.2) is 0 Å². The first-order valence-electron chi connectivity index (χ1n) is 5.86. The molecule has 0 aliphatic carbocycles. The van der Waals surface area contributed by atoms with Crippen molar-refractivity contribution >= 4 is 0 Å². The molecule has 2 heterocycles. The quantitative estimate of drug-likeness (QED) is 0.850. The number of nitrogens with one attached hydrogen (secondary N) is 1. The standard InChI is InChI=1S/C13H18N4/c1-11(13-4-6-14-7-5-13)15-8-3-12-9-16-17(2)10-12/h4-7,9-11,15H,3,8H2,1-2H3. The smallest absolute Gasteiger partial charge is 0.0522 e. The van der Waals surface area contributed by atoms with Crippen LogP contribution in [0.15, 0.2) is 36.9 Å². The predicted molar refractivity (Wildman–Crippen MR) is 67.6 cm³/mol. The molecule has 0 radical (unpaired) electrons. The van der Waals surface area contributed by atoms with Gasteiger partial charge in [-0.3, -0.25) is 9.67 Å². The fourth-order valence-electron chi connectivity index (χ4n) is 1.80. The Morgan fingerprint density at radius 2 is 2.12 bits per heavy atom. The van der Waals surface area contributed by atoms with Gasteiger partial charge >= 0.3 is 0 Å². The van der Waals surface area contributed by atoms with Crippen molar-refractivity contribution in [3.8, 4) is 0 Å². The minimum absolute atomic E-state index is 0.356. The Balaban J connectivity index is 1.79. The molecule has 0 aromatic carbocycles. The Morgan fingerprint density at radius 3 is 2.76 bits per heavy atom. The summed E-state index contributed by atoms with van der Waals surface area (Å²) in [7, 11) is 1.94. The summed E-state index contributed by atoms with van der Waals surface area (Å²) in [5, 5.41) is 7.64. The zero-order valence-electron chi connectivity index (χ0n) is 10.3. The first-order chi connectivity index (χ1) is 8.25. The number of hydrogen-bond donors (Lipinski definition) is 1. The number of pyridine rings is 1. The first-order valence-corrected chi connectivity index (χ1v) is 5.86. The fourth-order valence-corrected chi connectivity index (χ4v) is 1.80. The number of rotatable bonds is 5. The third-order valence-corrected chi connectivity index (χ3v) is 2.83. The fraction of sp³-hybridized carbons (Fsp3) is 0.385. The summed E-state index contributed by atoms with van der Waals surface area (Å²) in [6.45, 7) is 3.12. The van der Waals surface area contributed by atoms with Crippen molar-refractivity contribution in [3.63, 3.8) is 0 Å². The van der Waals surface area contributed by atoms with Crippen LogP contribution in [0, 0.1) is 0 Å². The Morgan fingerprint density at radius 1 is 1.35 bits per heavy atom. The monoisotopic (exact) mass is 230 g/mol. The average molecular weight is 230 g/mol. The van der Waals surface area contributed by atoms with Crippen molar-refractivity contribution in [1.82, 2.24) is 20.1 Å². The first kappa shape index (κ1) is 11.8. The third kappa shape index (κ3) is 3.39. The van der Waals surface area contributed by atoms with Gasteiger partial charge in [0.25, 0.3) is 0 Å². The number of hydrogen-bond acceptors (Lipinski definition) is 3. The van der Waals surface area contributed by atoms with Crippen molar-refractivity contribution < 1.29 is 0 Å². The van der Waals surface area contributed by atoms with Gasteiger partial charge in [-0.05, 0) is 43.1 Å². The normalized spacial score (nSPS) is 12.6. The minimum atomic E-state index is 0.356. The molecule has 1 unspecified atom stereocenters. The zero-order valence-corrected chi connectivity index (χ0v) is 10.3. The predicted octanol–water partition coefficient (Wildman–Crippen LogP) is 1.71. The number of aryl methyl sites for hydroxylation is 1. The van der Waals surface area contributed by atoms with Crippen LogP contribution in [-0.2, 0) is 13.5 Å². The Bertz CT molecular complexity index is 449. The highest BCUT2D eigenvalue weighted by Crippen LogP contribution is 2.09. The molecule has 0 aliphatic rings. The molecule has 1 atom stereocenters. The molecule has 0 aliphatic heterocycles. The molecule has 0 fully saturated rings. The highest BCUT2D eigenvalue weighted by molar-refractivity contribution is 5.14. The van der Waals surface area contributed by atoms with E-state index in [2.05, 4.69) is 28.5 Å². The molecular weight excluding hydrogens is 212 g/mol. The maximum Gasteiger partial charge on any atom is 0.0522 e. The maximum absolute atomic E-state index is 4.15. The van der Waals surface area contributed by atoms with E-state index in [1.807, 2.05) is 42.5 Å². The van der Waals surface area contributed by atoms with E-state index in [1.165, 1.54) is 11.1 Å². The van der Waals surface area contributed by atoms with E-state index in [1.54, 1.807) is 0 Å². The topological polar surface area (TPSA) is 42.7 Å².